The number of carbonyl (C=O) groups is 1. The molecule has 0 atom stereocenters. The number of carbonyl (C=O) groups excluding carboxylic acids is 1. The molecule has 7 nitrogen and oxygen atoms in total. The van der Waals surface area contributed by atoms with Gasteiger partial charge in [-0.05, 0) is 56.7 Å². The average Bonchev–Trinajstić information content (AvgIpc) is 3.52. The largest absolute Gasteiger partial charge is 0.489 e. The normalized spacial score (nSPS) is 15.2. The second-order valence-corrected chi connectivity index (χ2v) is 9.87. The Labute approximate surface area is 217 Å². The summed E-state index contributed by atoms with van der Waals surface area (Å²) in [5.74, 6) is 0.550. The molecule has 0 bridgehead atoms. The van der Waals surface area contributed by atoms with E-state index in [1.807, 2.05) is 61.6 Å². The van der Waals surface area contributed by atoms with E-state index in [9.17, 15) is 9.59 Å². The molecule has 0 aliphatic carbocycles. The SMILES string of the molecule is CN1CCCC1.Cn1c2c(c3ccc(-n4ccc(OCc5ccccc5)cc4=O)cc31)CN(C=O)CC2. The highest BCUT2D eigenvalue weighted by molar-refractivity contribution is 5.87. The second-order valence-electron chi connectivity index (χ2n) is 9.87. The van der Waals surface area contributed by atoms with Crippen molar-refractivity contribution in [1.82, 2.24) is 18.9 Å². The molecule has 0 radical (unpaired) electrons. The fraction of sp³-hybridized carbons (Fsp3) is 0.333. The van der Waals surface area contributed by atoms with E-state index in [2.05, 4.69) is 16.5 Å². The number of aromatic nitrogens is 2. The third-order valence-electron chi connectivity index (χ3n) is 7.31. The highest BCUT2D eigenvalue weighted by atomic mass is 16.5. The number of aryl methyl sites for hydroxylation is 1. The highest BCUT2D eigenvalue weighted by Crippen LogP contribution is 2.31. The third kappa shape index (κ3) is 5.47. The minimum atomic E-state index is -0.143. The zero-order valence-corrected chi connectivity index (χ0v) is 21.6. The highest BCUT2D eigenvalue weighted by Gasteiger charge is 2.22. The van der Waals surface area contributed by atoms with Crippen molar-refractivity contribution in [2.45, 2.75) is 32.4 Å². The quantitative estimate of drug-likeness (QED) is 0.388. The van der Waals surface area contributed by atoms with Gasteiger partial charge in [0.1, 0.15) is 12.4 Å². The minimum absolute atomic E-state index is 0.143. The number of fused-ring (bicyclic) bond motifs is 3. The van der Waals surface area contributed by atoms with E-state index in [-0.39, 0.29) is 5.56 Å². The van der Waals surface area contributed by atoms with Crippen LogP contribution in [0.2, 0.25) is 0 Å². The van der Waals surface area contributed by atoms with Gasteiger partial charge in [0.25, 0.3) is 5.56 Å². The first-order chi connectivity index (χ1) is 18.0. The molecular weight excluding hydrogens is 464 g/mol. The van der Waals surface area contributed by atoms with Gasteiger partial charge in [-0.15, -0.1) is 0 Å². The molecule has 1 fully saturated rings. The molecule has 1 amide bonds. The number of hydrogen-bond acceptors (Lipinski definition) is 4. The summed E-state index contributed by atoms with van der Waals surface area (Å²) < 4.78 is 9.58. The second kappa shape index (κ2) is 11.0. The molecule has 2 aromatic carbocycles. The summed E-state index contributed by atoms with van der Waals surface area (Å²) in [5.41, 5.74) is 5.22. The topological polar surface area (TPSA) is 59.7 Å². The first kappa shape index (κ1) is 24.8. The lowest BCUT2D eigenvalue weighted by Crippen LogP contribution is -2.29. The number of amides is 1. The van der Waals surface area contributed by atoms with Crippen LogP contribution in [-0.4, -0.2) is 52.0 Å². The van der Waals surface area contributed by atoms with Crippen LogP contribution >= 0.6 is 0 Å². The van der Waals surface area contributed by atoms with Gasteiger partial charge in [0.15, 0.2) is 0 Å². The molecule has 0 spiro atoms. The van der Waals surface area contributed by atoms with Crippen LogP contribution in [-0.2, 0) is 31.4 Å². The maximum Gasteiger partial charge on any atom is 0.258 e. The summed E-state index contributed by atoms with van der Waals surface area (Å²) in [7, 11) is 4.22. The van der Waals surface area contributed by atoms with E-state index in [1.165, 1.54) is 43.3 Å². The van der Waals surface area contributed by atoms with Gasteiger partial charge in [0.2, 0.25) is 6.41 Å². The number of likely N-dealkylation sites (tertiary alicyclic amines) is 1. The Kier molecular flexibility index (Phi) is 7.42. The first-order valence-electron chi connectivity index (χ1n) is 12.9. The Bertz CT molecular complexity index is 1430. The maximum atomic E-state index is 12.8. The Hall–Kier alpha value is -3.84. The number of benzene rings is 2. The molecule has 0 saturated carbocycles. The summed E-state index contributed by atoms with van der Waals surface area (Å²) in [4.78, 5) is 28.2. The van der Waals surface area contributed by atoms with Crippen molar-refractivity contribution in [2.24, 2.45) is 7.05 Å². The summed E-state index contributed by atoms with van der Waals surface area (Å²) >= 11 is 0. The van der Waals surface area contributed by atoms with Gasteiger partial charge in [-0.25, -0.2) is 0 Å². The van der Waals surface area contributed by atoms with Crippen molar-refractivity contribution >= 4 is 17.3 Å². The third-order valence-corrected chi connectivity index (χ3v) is 7.31. The van der Waals surface area contributed by atoms with Crippen molar-refractivity contribution in [3.8, 4) is 11.4 Å². The summed E-state index contributed by atoms with van der Waals surface area (Å²) in [6.07, 6.45) is 6.33. The molecule has 2 aliphatic heterocycles. The van der Waals surface area contributed by atoms with E-state index in [0.717, 1.165) is 41.5 Å². The van der Waals surface area contributed by atoms with Crippen molar-refractivity contribution in [1.29, 1.82) is 0 Å². The van der Waals surface area contributed by atoms with Crippen molar-refractivity contribution in [2.75, 3.05) is 26.7 Å². The van der Waals surface area contributed by atoms with E-state index < -0.39 is 0 Å². The summed E-state index contributed by atoms with van der Waals surface area (Å²) in [6.45, 7) is 4.42. The van der Waals surface area contributed by atoms with Gasteiger partial charge in [-0.2, -0.15) is 0 Å². The zero-order valence-electron chi connectivity index (χ0n) is 21.6. The van der Waals surface area contributed by atoms with Crippen LogP contribution in [0.1, 0.15) is 29.7 Å². The van der Waals surface area contributed by atoms with Crippen LogP contribution in [0.4, 0.5) is 0 Å². The summed E-state index contributed by atoms with van der Waals surface area (Å²) in [5, 5.41) is 1.13. The van der Waals surface area contributed by atoms with Gasteiger partial charge in [0.05, 0.1) is 11.2 Å². The molecule has 4 heterocycles. The molecule has 192 valence electrons. The summed E-state index contributed by atoms with van der Waals surface area (Å²) in [6, 6.07) is 19.2. The Morgan fingerprint density at radius 2 is 1.73 bits per heavy atom. The van der Waals surface area contributed by atoms with Gasteiger partial charge in [-0.1, -0.05) is 36.4 Å². The van der Waals surface area contributed by atoms with Crippen molar-refractivity contribution in [3.63, 3.8) is 0 Å². The van der Waals surface area contributed by atoms with E-state index in [4.69, 9.17) is 4.74 Å². The lowest BCUT2D eigenvalue weighted by molar-refractivity contribution is -0.118. The molecule has 4 aromatic rings. The number of nitrogens with zero attached hydrogens (tertiary/aromatic N) is 4. The van der Waals surface area contributed by atoms with Gasteiger partial charge in [0, 0.05) is 55.5 Å². The minimum Gasteiger partial charge on any atom is -0.489 e. The molecule has 2 aliphatic rings. The molecule has 37 heavy (non-hydrogen) atoms. The number of ether oxygens (including phenoxy) is 1. The molecule has 6 rings (SSSR count). The molecular formula is C30H34N4O3. The van der Waals surface area contributed by atoms with Gasteiger partial charge >= 0.3 is 0 Å². The molecule has 0 unspecified atom stereocenters. The number of pyridine rings is 1. The van der Waals surface area contributed by atoms with Crippen LogP contribution in [0.25, 0.3) is 16.6 Å². The monoisotopic (exact) mass is 498 g/mol. The molecule has 0 N–H and O–H groups in total. The lowest BCUT2D eigenvalue weighted by atomic mass is 10.0. The van der Waals surface area contributed by atoms with E-state index >= 15 is 0 Å². The number of rotatable bonds is 5. The fourth-order valence-corrected chi connectivity index (χ4v) is 5.20. The Balaban J connectivity index is 0.000000412. The molecule has 1 saturated heterocycles. The van der Waals surface area contributed by atoms with Crippen LogP contribution in [0.15, 0.2) is 71.7 Å². The smallest absolute Gasteiger partial charge is 0.258 e. The van der Waals surface area contributed by atoms with Crippen LogP contribution in [0.3, 0.4) is 0 Å². The first-order valence-corrected chi connectivity index (χ1v) is 12.9. The molecule has 2 aromatic heterocycles. The maximum absolute atomic E-state index is 12.8. The van der Waals surface area contributed by atoms with Crippen molar-refractivity contribution in [3.05, 3.63) is 94.0 Å². The van der Waals surface area contributed by atoms with Crippen molar-refractivity contribution < 1.29 is 9.53 Å². The zero-order chi connectivity index (χ0) is 25.8. The van der Waals surface area contributed by atoms with E-state index in [0.29, 0.717) is 18.9 Å². The van der Waals surface area contributed by atoms with E-state index in [1.54, 1.807) is 15.7 Å². The van der Waals surface area contributed by atoms with Gasteiger partial charge < -0.3 is 19.1 Å². The Morgan fingerprint density at radius 1 is 0.946 bits per heavy atom. The van der Waals surface area contributed by atoms with Crippen LogP contribution in [0, 0.1) is 0 Å². The van der Waals surface area contributed by atoms with Gasteiger partial charge in [-0.3, -0.25) is 14.2 Å². The lowest BCUT2D eigenvalue weighted by Gasteiger charge is -2.23. The molecule has 7 heteroatoms. The Morgan fingerprint density at radius 3 is 2.41 bits per heavy atom. The predicted octanol–water partition coefficient (Wildman–Crippen LogP) is 4.13. The fourth-order valence-electron chi connectivity index (χ4n) is 5.20. The predicted molar refractivity (Wildman–Crippen MR) is 146 cm³/mol. The average molecular weight is 499 g/mol. The standard InChI is InChI=1S/C25H23N3O3.C5H11N/c1-26-23-10-11-27(17-29)15-22(23)21-8-7-19(13-24(21)26)28-12-9-20(14-25(28)30)31-16-18-5-3-2-4-6-18;1-6-4-2-3-5-6/h2-9,12-14,17H,10-11,15-16H2,1H3;2-5H2,1H3. The van der Waals surface area contributed by atoms with Crippen LogP contribution in [0.5, 0.6) is 5.75 Å². The number of hydrogen-bond donors (Lipinski definition) is 0. The van der Waals surface area contributed by atoms with Crippen LogP contribution < -0.4 is 10.3 Å².